The fourth-order valence-corrected chi connectivity index (χ4v) is 2.79. The van der Waals surface area contributed by atoms with Crippen molar-refractivity contribution in [3.8, 4) is 11.5 Å². The maximum atomic E-state index is 6.14. The number of aromatic nitrogens is 3. The van der Waals surface area contributed by atoms with Crippen LogP contribution in [0.15, 0.2) is 36.5 Å². The van der Waals surface area contributed by atoms with Gasteiger partial charge in [-0.25, -0.2) is 4.98 Å². The molecule has 106 valence electrons. The first kappa shape index (κ1) is 12.8. The molecule has 1 aliphatic rings. The highest BCUT2D eigenvalue weighted by molar-refractivity contribution is 6.31. The smallest absolute Gasteiger partial charge is 0.160 e. The van der Waals surface area contributed by atoms with E-state index < -0.39 is 0 Å². The summed E-state index contributed by atoms with van der Waals surface area (Å²) in [6.45, 7) is 0.502. The number of fused-ring (bicyclic) bond motifs is 1. The van der Waals surface area contributed by atoms with Crippen molar-refractivity contribution in [3.63, 3.8) is 0 Å². The molecule has 0 spiro atoms. The Hall–Kier alpha value is -1.91. The van der Waals surface area contributed by atoms with Crippen LogP contribution in [0.2, 0.25) is 5.02 Å². The highest BCUT2D eigenvalue weighted by Crippen LogP contribution is 2.41. The molecule has 1 aromatic carbocycles. The van der Waals surface area contributed by atoms with E-state index in [9.17, 15) is 0 Å². The molecule has 1 saturated carbocycles. The van der Waals surface area contributed by atoms with Crippen molar-refractivity contribution < 1.29 is 0 Å². The molecular formula is C16H15ClN4. The fourth-order valence-electron chi connectivity index (χ4n) is 2.63. The third kappa shape index (κ3) is 2.20. The molecule has 0 unspecified atom stereocenters. The van der Waals surface area contributed by atoms with E-state index in [1.165, 1.54) is 12.8 Å². The van der Waals surface area contributed by atoms with Gasteiger partial charge in [0.25, 0.3) is 0 Å². The predicted molar refractivity (Wildman–Crippen MR) is 84.1 cm³/mol. The van der Waals surface area contributed by atoms with Crippen molar-refractivity contribution in [2.75, 3.05) is 0 Å². The normalized spacial score (nSPS) is 14.8. The standard InChI is InChI=1S/C16H15ClN4/c17-11-2-6-13-15(7-11)21(12-3-4-12)16(20-13)14-5-1-10(8-18)9-19-14/h1-2,5-7,9,12H,3-4,8,18H2. The van der Waals surface area contributed by atoms with E-state index in [2.05, 4.69) is 9.55 Å². The van der Waals surface area contributed by atoms with Gasteiger partial charge in [-0.1, -0.05) is 17.7 Å². The average Bonchev–Trinajstić information content (AvgIpc) is 3.28. The van der Waals surface area contributed by atoms with Crippen LogP contribution in [0.4, 0.5) is 0 Å². The van der Waals surface area contributed by atoms with Crippen LogP contribution in [0.3, 0.4) is 0 Å². The monoisotopic (exact) mass is 298 g/mol. The molecule has 5 heteroatoms. The minimum Gasteiger partial charge on any atom is -0.326 e. The van der Waals surface area contributed by atoms with Gasteiger partial charge in [0.1, 0.15) is 5.69 Å². The van der Waals surface area contributed by atoms with Crippen LogP contribution in [0.1, 0.15) is 24.4 Å². The van der Waals surface area contributed by atoms with E-state index in [1.54, 1.807) is 0 Å². The second-order valence-electron chi connectivity index (χ2n) is 5.43. The van der Waals surface area contributed by atoms with E-state index in [4.69, 9.17) is 22.3 Å². The lowest BCUT2D eigenvalue weighted by molar-refractivity contribution is 0.772. The quantitative estimate of drug-likeness (QED) is 0.804. The summed E-state index contributed by atoms with van der Waals surface area (Å²) in [5, 5.41) is 0.738. The third-order valence-corrected chi connectivity index (χ3v) is 4.09. The van der Waals surface area contributed by atoms with Crippen molar-refractivity contribution in [2.45, 2.75) is 25.4 Å². The number of hydrogen-bond donors (Lipinski definition) is 1. The van der Waals surface area contributed by atoms with E-state index >= 15 is 0 Å². The van der Waals surface area contributed by atoms with Gasteiger partial charge in [-0.15, -0.1) is 0 Å². The summed E-state index contributed by atoms with van der Waals surface area (Å²) in [5.41, 5.74) is 9.59. The molecule has 0 radical (unpaired) electrons. The zero-order valence-corrected chi connectivity index (χ0v) is 12.2. The molecule has 21 heavy (non-hydrogen) atoms. The van der Waals surface area contributed by atoms with Gasteiger partial charge in [0.2, 0.25) is 0 Å². The first-order valence-corrected chi connectivity index (χ1v) is 7.47. The Morgan fingerprint density at radius 1 is 1.24 bits per heavy atom. The van der Waals surface area contributed by atoms with Gasteiger partial charge in [-0.05, 0) is 42.7 Å². The summed E-state index contributed by atoms with van der Waals surface area (Å²) < 4.78 is 2.27. The molecule has 4 rings (SSSR count). The van der Waals surface area contributed by atoms with Crippen LogP contribution < -0.4 is 5.73 Å². The first-order chi connectivity index (χ1) is 10.3. The topological polar surface area (TPSA) is 56.7 Å². The molecule has 3 aromatic rings. The van der Waals surface area contributed by atoms with Crippen molar-refractivity contribution in [1.29, 1.82) is 0 Å². The number of pyridine rings is 1. The van der Waals surface area contributed by atoms with Gasteiger partial charge in [0, 0.05) is 23.8 Å². The van der Waals surface area contributed by atoms with Gasteiger partial charge < -0.3 is 10.3 Å². The predicted octanol–water partition coefficient (Wildman–Crippen LogP) is 3.55. The molecule has 0 saturated heterocycles. The summed E-state index contributed by atoms with van der Waals surface area (Å²) in [5.74, 6) is 0.915. The van der Waals surface area contributed by atoms with Crippen LogP contribution in [-0.4, -0.2) is 14.5 Å². The maximum Gasteiger partial charge on any atom is 0.160 e. The van der Waals surface area contributed by atoms with Crippen LogP contribution in [0, 0.1) is 0 Å². The Balaban J connectivity index is 1.92. The Morgan fingerprint density at radius 3 is 2.76 bits per heavy atom. The van der Waals surface area contributed by atoms with Crippen LogP contribution in [-0.2, 0) is 6.54 Å². The molecule has 0 atom stereocenters. The fraction of sp³-hybridized carbons (Fsp3) is 0.250. The molecule has 0 aliphatic heterocycles. The van der Waals surface area contributed by atoms with Crippen LogP contribution in [0.25, 0.3) is 22.6 Å². The van der Waals surface area contributed by atoms with Crippen LogP contribution in [0.5, 0.6) is 0 Å². The zero-order valence-electron chi connectivity index (χ0n) is 11.5. The summed E-state index contributed by atoms with van der Waals surface area (Å²) in [6, 6.07) is 10.3. The lowest BCUT2D eigenvalue weighted by Gasteiger charge is -2.07. The second kappa shape index (κ2) is 4.83. The van der Waals surface area contributed by atoms with E-state index in [0.29, 0.717) is 12.6 Å². The van der Waals surface area contributed by atoms with Crippen molar-refractivity contribution in [3.05, 3.63) is 47.1 Å². The third-order valence-electron chi connectivity index (χ3n) is 3.85. The Bertz CT molecular complexity index is 803. The Morgan fingerprint density at radius 2 is 2.10 bits per heavy atom. The molecule has 0 amide bonds. The van der Waals surface area contributed by atoms with Crippen molar-refractivity contribution >= 4 is 22.6 Å². The largest absolute Gasteiger partial charge is 0.326 e. The number of nitrogens with two attached hydrogens (primary N) is 1. The number of hydrogen-bond acceptors (Lipinski definition) is 3. The number of rotatable bonds is 3. The summed E-state index contributed by atoms with van der Waals surface area (Å²) in [6.07, 6.45) is 4.19. The second-order valence-corrected chi connectivity index (χ2v) is 5.86. The molecule has 1 aliphatic carbocycles. The van der Waals surface area contributed by atoms with Gasteiger partial charge in [-0.3, -0.25) is 4.98 Å². The SMILES string of the molecule is NCc1ccc(-c2nc3ccc(Cl)cc3n2C2CC2)nc1. The summed E-state index contributed by atoms with van der Waals surface area (Å²) >= 11 is 6.14. The average molecular weight is 299 g/mol. The Kier molecular flexibility index (Phi) is 2.94. The summed E-state index contributed by atoms with van der Waals surface area (Å²) in [4.78, 5) is 9.26. The minimum absolute atomic E-state index is 0.502. The molecule has 2 aromatic heterocycles. The van der Waals surface area contributed by atoms with Crippen molar-refractivity contribution in [2.24, 2.45) is 5.73 Å². The van der Waals surface area contributed by atoms with Crippen molar-refractivity contribution in [1.82, 2.24) is 14.5 Å². The zero-order chi connectivity index (χ0) is 14.4. The first-order valence-electron chi connectivity index (χ1n) is 7.09. The minimum atomic E-state index is 0.502. The number of halogens is 1. The highest BCUT2D eigenvalue weighted by atomic mass is 35.5. The molecule has 2 heterocycles. The summed E-state index contributed by atoms with van der Waals surface area (Å²) in [7, 11) is 0. The molecule has 2 N–H and O–H groups in total. The van der Waals surface area contributed by atoms with Crippen LogP contribution >= 0.6 is 11.6 Å². The van der Waals surface area contributed by atoms with Gasteiger partial charge >= 0.3 is 0 Å². The maximum absolute atomic E-state index is 6.14. The lowest BCUT2D eigenvalue weighted by Crippen LogP contribution is -2.01. The number of imidazole rings is 1. The Labute approximate surface area is 127 Å². The lowest BCUT2D eigenvalue weighted by atomic mass is 10.2. The van der Waals surface area contributed by atoms with Gasteiger partial charge in [-0.2, -0.15) is 0 Å². The van der Waals surface area contributed by atoms with E-state index in [1.807, 2.05) is 36.5 Å². The number of nitrogens with zero attached hydrogens (tertiary/aromatic N) is 3. The molecular weight excluding hydrogens is 284 g/mol. The number of benzene rings is 1. The molecule has 4 nitrogen and oxygen atoms in total. The van der Waals surface area contributed by atoms with E-state index in [0.717, 1.165) is 33.1 Å². The van der Waals surface area contributed by atoms with Gasteiger partial charge in [0.15, 0.2) is 5.82 Å². The van der Waals surface area contributed by atoms with Gasteiger partial charge in [0.05, 0.1) is 11.0 Å². The highest BCUT2D eigenvalue weighted by Gasteiger charge is 2.29. The van der Waals surface area contributed by atoms with E-state index in [-0.39, 0.29) is 0 Å². The molecule has 1 fully saturated rings. The molecule has 0 bridgehead atoms.